The van der Waals surface area contributed by atoms with Crippen LogP contribution in [0.3, 0.4) is 0 Å². The summed E-state index contributed by atoms with van der Waals surface area (Å²) in [6.45, 7) is 6.69. The second-order valence-electron chi connectivity index (χ2n) is 13.6. The van der Waals surface area contributed by atoms with Crippen molar-refractivity contribution < 1.29 is 4.42 Å². The maximum absolute atomic E-state index is 6.11. The lowest BCUT2D eigenvalue weighted by Gasteiger charge is -2.44. The third-order valence-corrected chi connectivity index (χ3v) is 10.4. The number of furan rings is 1. The van der Waals surface area contributed by atoms with Gasteiger partial charge >= 0.3 is 0 Å². The smallest absolute Gasteiger partial charge is 0.252 e. The SMILES string of the molecule is Cc1ccc(N2c3ccc(C)cc3B3c4cc(C)ccc4N(c4ccc(-c5ccc6oc7ccccc7c6c5)cc4)c4cccc2c43)cc1. The molecule has 2 aliphatic rings. The Kier molecular flexibility index (Phi) is 6.01. The number of aryl methyl sites for hydroxylation is 3. The van der Waals surface area contributed by atoms with Gasteiger partial charge < -0.3 is 14.2 Å². The van der Waals surface area contributed by atoms with Crippen LogP contribution < -0.4 is 26.2 Å². The van der Waals surface area contributed by atoms with E-state index in [9.17, 15) is 0 Å². The van der Waals surface area contributed by atoms with Gasteiger partial charge in [-0.1, -0.05) is 95.6 Å². The normalized spacial score (nSPS) is 13.1. The topological polar surface area (TPSA) is 19.6 Å². The molecule has 3 nitrogen and oxygen atoms in total. The molecule has 0 spiro atoms. The number of nitrogens with zero attached hydrogens (tertiary/aromatic N) is 2. The van der Waals surface area contributed by atoms with Gasteiger partial charge in [-0.05, 0) is 115 Å². The van der Waals surface area contributed by atoms with Gasteiger partial charge in [0.2, 0.25) is 0 Å². The minimum atomic E-state index is 0.129. The second-order valence-corrected chi connectivity index (χ2v) is 13.6. The summed E-state index contributed by atoms with van der Waals surface area (Å²) in [6, 6.07) is 53.5. The molecule has 4 heteroatoms. The van der Waals surface area contributed by atoms with Crippen molar-refractivity contribution in [2.45, 2.75) is 20.8 Å². The molecule has 0 aliphatic carbocycles. The van der Waals surface area contributed by atoms with E-state index in [-0.39, 0.29) is 6.71 Å². The molecule has 3 heterocycles. The summed E-state index contributed by atoms with van der Waals surface area (Å²) in [7, 11) is 0. The first-order chi connectivity index (χ1) is 24.0. The summed E-state index contributed by atoms with van der Waals surface area (Å²) in [5, 5.41) is 2.30. The van der Waals surface area contributed by atoms with Gasteiger partial charge in [0.15, 0.2) is 0 Å². The van der Waals surface area contributed by atoms with Crippen LogP contribution in [0.5, 0.6) is 0 Å². The summed E-state index contributed by atoms with van der Waals surface area (Å²) < 4.78 is 6.11. The third-order valence-electron chi connectivity index (χ3n) is 10.4. The third kappa shape index (κ3) is 4.23. The van der Waals surface area contributed by atoms with Crippen molar-refractivity contribution in [2.75, 3.05) is 9.80 Å². The molecule has 0 fully saturated rings. The number of anilines is 6. The monoisotopic (exact) mass is 628 g/mol. The lowest BCUT2D eigenvalue weighted by atomic mass is 9.33. The first-order valence-electron chi connectivity index (χ1n) is 17.0. The molecule has 0 radical (unpaired) electrons. The van der Waals surface area contributed by atoms with E-state index < -0.39 is 0 Å². The van der Waals surface area contributed by atoms with Gasteiger partial charge in [-0.3, -0.25) is 0 Å². The van der Waals surface area contributed by atoms with Crippen LogP contribution in [0.15, 0.2) is 150 Å². The van der Waals surface area contributed by atoms with Gasteiger partial charge in [0, 0.05) is 44.9 Å². The highest BCUT2D eigenvalue weighted by atomic mass is 16.3. The maximum Gasteiger partial charge on any atom is 0.252 e. The molecule has 10 rings (SSSR count). The summed E-state index contributed by atoms with van der Waals surface area (Å²) in [6.07, 6.45) is 0. The van der Waals surface area contributed by atoms with Gasteiger partial charge in [0.05, 0.1) is 0 Å². The van der Waals surface area contributed by atoms with E-state index in [1.807, 2.05) is 12.1 Å². The summed E-state index contributed by atoms with van der Waals surface area (Å²) in [5.41, 5.74) is 19.3. The van der Waals surface area contributed by atoms with E-state index in [4.69, 9.17) is 4.42 Å². The molecule has 49 heavy (non-hydrogen) atoms. The van der Waals surface area contributed by atoms with Crippen LogP contribution in [0.25, 0.3) is 33.1 Å². The lowest BCUT2D eigenvalue weighted by molar-refractivity contribution is 0.669. The zero-order valence-electron chi connectivity index (χ0n) is 27.7. The number of rotatable bonds is 3. The minimum Gasteiger partial charge on any atom is -0.456 e. The highest BCUT2D eigenvalue weighted by molar-refractivity contribution is 7.00. The molecule has 0 saturated heterocycles. The number of fused-ring (bicyclic) bond motifs is 7. The Balaban J connectivity index is 1.15. The predicted octanol–water partition coefficient (Wildman–Crippen LogP) is 10.3. The average Bonchev–Trinajstić information content (AvgIpc) is 3.50. The van der Waals surface area contributed by atoms with Crippen molar-refractivity contribution in [3.63, 3.8) is 0 Å². The Labute approximate surface area is 286 Å². The molecule has 0 bridgehead atoms. The Hall–Kier alpha value is -6.00. The van der Waals surface area contributed by atoms with E-state index >= 15 is 0 Å². The van der Waals surface area contributed by atoms with E-state index in [1.54, 1.807) is 0 Å². The molecule has 1 aromatic heterocycles. The van der Waals surface area contributed by atoms with Crippen molar-refractivity contribution in [3.8, 4) is 11.1 Å². The zero-order chi connectivity index (χ0) is 32.8. The molecule has 232 valence electrons. The van der Waals surface area contributed by atoms with Crippen molar-refractivity contribution in [3.05, 3.63) is 162 Å². The summed E-state index contributed by atoms with van der Waals surface area (Å²) >= 11 is 0. The van der Waals surface area contributed by atoms with Crippen LogP contribution in [0.1, 0.15) is 16.7 Å². The Morgan fingerprint density at radius 3 is 1.63 bits per heavy atom. The first kappa shape index (κ1) is 28.1. The van der Waals surface area contributed by atoms with E-state index in [0.717, 1.165) is 27.6 Å². The molecular formula is C45H33BN2O. The summed E-state index contributed by atoms with van der Waals surface area (Å²) in [4.78, 5) is 4.93. The fraction of sp³-hybridized carbons (Fsp3) is 0.0667. The van der Waals surface area contributed by atoms with Crippen LogP contribution in [-0.4, -0.2) is 6.71 Å². The Morgan fingerprint density at radius 2 is 0.980 bits per heavy atom. The number of para-hydroxylation sites is 1. The number of hydrogen-bond donors (Lipinski definition) is 0. The quantitative estimate of drug-likeness (QED) is 0.182. The fourth-order valence-electron chi connectivity index (χ4n) is 8.14. The van der Waals surface area contributed by atoms with Crippen LogP contribution in [0, 0.1) is 20.8 Å². The van der Waals surface area contributed by atoms with Gasteiger partial charge in [0.25, 0.3) is 6.71 Å². The molecule has 0 saturated carbocycles. The lowest BCUT2D eigenvalue weighted by Crippen LogP contribution is -2.61. The number of hydrogen-bond acceptors (Lipinski definition) is 3. The molecular weight excluding hydrogens is 595 g/mol. The highest BCUT2D eigenvalue weighted by Gasteiger charge is 2.43. The van der Waals surface area contributed by atoms with Gasteiger partial charge in [-0.2, -0.15) is 0 Å². The van der Waals surface area contributed by atoms with Crippen molar-refractivity contribution in [1.82, 2.24) is 0 Å². The predicted molar refractivity (Wildman–Crippen MR) is 207 cm³/mol. The Bertz CT molecular complexity index is 2600. The number of benzene rings is 7. The standard InChI is InChI=1S/C45H33BN2O/c1-28-11-18-33(19-12-28)47-39-22-13-29(2)25-37(39)46-38-26-30(3)14-23-40(38)48(42-9-6-8-41(47)45(42)46)34-20-15-31(16-21-34)32-17-24-44-36(27-32)35-7-4-5-10-43(35)49-44/h4-27H,1-3H3. The maximum atomic E-state index is 6.11. The van der Waals surface area contributed by atoms with Crippen molar-refractivity contribution in [2.24, 2.45) is 0 Å². The molecule has 0 atom stereocenters. The largest absolute Gasteiger partial charge is 0.456 e. The zero-order valence-corrected chi connectivity index (χ0v) is 27.7. The van der Waals surface area contributed by atoms with Crippen LogP contribution >= 0.6 is 0 Å². The highest BCUT2D eigenvalue weighted by Crippen LogP contribution is 2.44. The second kappa shape index (κ2) is 10.5. The average molecular weight is 629 g/mol. The molecule has 0 unspecified atom stereocenters. The molecule has 8 aromatic rings. The molecule has 2 aliphatic heterocycles. The van der Waals surface area contributed by atoms with Gasteiger partial charge in [-0.15, -0.1) is 0 Å². The molecule has 7 aromatic carbocycles. The molecule has 0 amide bonds. The van der Waals surface area contributed by atoms with Crippen LogP contribution in [0.2, 0.25) is 0 Å². The fourth-order valence-corrected chi connectivity index (χ4v) is 8.14. The van der Waals surface area contributed by atoms with Gasteiger partial charge in [-0.25, -0.2) is 0 Å². The Morgan fingerprint density at radius 1 is 0.429 bits per heavy atom. The van der Waals surface area contributed by atoms with Gasteiger partial charge in [0.1, 0.15) is 11.2 Å². The van der Waals surface area contributed by atoms with E-state index in [2.05, 4.69) is 164 Å². The van der Waals surface area contributed by atoms with Crippen molar-refractivity contribution >= 4 is 79.2 Å². The minimum absolute atomic E-state index is 0.129. The first-order valence-corrected chi connectivity index (χ1v) is 17.0. The van der Waals surface area contributed by atoms with E-state index in [1.165, 1.54) is 72.6 Å². The van der Waals surface area contributed by atoms with Crippen LogP contribution in [-0.2, 0) is 0 Å². The van der Waals surface area contributed by atoms with Crippen molar-refractivity contribution in [1.29, 1.82) is 0 Å². The summed E-state index contributed by atoms with van der Waals surface area (Å²) in [5.74, 6) is 0. The van der Waals surface area contributed by atoms with Crippen LogP contribution in [0.4, 0.5) is 34.1 Å². The van der Waals surface area contributed by atoms with E-state index in [0.29, 0.717) is 0 Å². The molecule has 0 N–H and O–H groups in total.